The molecule has 4 N–H and O–H groups in total. The summed E-state index contributed by atoms with van der Waals surface area (Å²) in [5.41, 5.74) is 6.96. The summed E-state index contributed by atoms with van der Waals surface area (Å²) >= 11 is 0. The van der Waals surface area contributed by atoms with Crippen molar-refractivity contribution >= 4 is 47.4 Å². The Bertz CT molecular complexity index is 1020. The van der Waals surface area contributed by atoms with Gasteiger partial charge in [-0.1, -0.05) is 0 Å². The molecule has 1 amide bonds. The molecule has 0 saturated carbocycles. The van der Waals surface area contributed by atoms with E-state index in [4.69, 9.17) is 10.5 Å². The summed E-state index contributed by atoms with van der Waals surface area (Å²) in [5.74, 6) is -1.19. The normalized spacial score (nSPS) is 15.3. The molecule has 2 heterocycles. The van der Waals surface area contributed by atoms with E-state index in [9.17, 15) is 13.6 Å². The van der Waals surface area contributed by atoms with Crippen LogP contribution in [0.4, 0.5) is 14.5 Å². The van der Waals surface area contributed by atoms with Gasteiger partial charge in [-0.05, 0) is 49.2 Å². The molecule has 4 rings (SSSR count). The number of ether oxygens (including phenoxy) is 1. The molecule has 2 aromatic carbocycles. The van der Waals surface area contributed by atoms with E-state index in [1.165, 1.54) is 0 Å². The lowest BCUT2D eigenvalue weighted by Gasteiger charge is -2.31. The van der Waals surface area contributed by atoms with Crippen molar-refractivity contribution in [3.05, 3.63) is 48.0 Å². The highest BCUT2D eigenvalue weighted by atomic mass is 35.5. The lowest BCUT2D eigenvalue weighted by atomic mass is 9.90. The number of fused-ring (bicyclic) bond motifs is 1. The van der Waals surface area contributed by atoms with Gasteiger partial charge in [-0.2, -0.15) is 0 Å². The molecule has 0 atom stereocenters. The van der Waals surface area contributed by atoms with Crippen molar-refractivity contribution < 1.29 is 18.3 Å². The van der Waals surface area contributed by atoms with Crippen LogP contribution < -0.4 is 11.1 Å². The number of imidazole rings is 1. The van der Waals surface area contributed by atoms with Crippen LogP contribution in [0.25, 0.3) is 22.4 Å². The van der Waals surface area contributed by atoms with Crippen LogP contribution in [0.2, 0.25) is 0 Å². The molecule has 0 aliphatic carbocycles. The predicted octanol–water partition coefficient (Wildman–Crippen LogP) is 3.80. The minimum Gasteiger partial charge on any atom is -0.381 e. The Morgan fingerprint density at radius 3 is 2.59 bits per heavy atom. The number of H-pyrrole nitrogens is 1. The Kier molecular flexibility index (Phi) is 7.18. The van der Waals surface area contributed by atoms with Crippen molar-refractivity contribution in [1.29, 1.82) is 0 Å². The maximum absolute atomic E-state index is 14.0. The molecule has 0 unspecified atom stereocenters. The average molecular weight is 445 g/mol. The Labute approximate surface area is 178 Å². The summed E-state index contributed by atoms with van der Waals surface area (Å²) in [5, 5.41) is 2.81. The van der Waals surface area contributed by atoms with Crippen molar-refractivity contribution in [3.8, 4) is 11.4 Å². The molecule has 0 spiro atoms. The fourth-order valence-electron chi connectivity index (χ4n) is 3.11. The number of nitrogens with two attached hydrogens (primary N) is 1. The van der Waals surface area contributed by atoms with E-state index in [0.29, 0.717) is 42.8 Å². The van der Waals surface area contributed by atoms with Crippen LogP contribution in [0.3, 0.4) is 0 Å². The first-order valence-electron chi connectivity index (χ1n) is 8.58. The van der Waals surface area contributed by atoms with Gasteiger partial charge >= 0.3 is 0 Å². The lowest BCUT2D eigenvalue weighted by molar-refractivity contribution is -0.124. The number of carbonyl (C=O) groups is 1. The molecular weight excluding hydrogens is 425 g/mol. The number of nitrogens with zero attached hydrogens (tertiary/aromatic N) is 1. The first-order valence-corrected chi connectivity index (χ1v) is 8.58. The highest BCUT2D eigenvalue weighted by Crippen LogP contribution is 2.26. The van der Waals surface area contributed by atoms with Crippen molar-refractivity contribution in [2.45, 2.75) is 18.4 Å². The monoisotopic (exact) mass is 444 g/mol. The first kappa shape index (κ1) is 23.0. The van der Waals surface area contributed by atoms with Crippen LogP contribution in [0.5, 0.6) is 0 Å². The van der Waals surface area contributed by atoms with E-state index in [-0.39, 0.29) is 42.1 Å². The number of benzene rings is 2. The molecular formula is C19H20Cl2F2N4O2. The molecule has 3 aromatic rings. The van der Waals surface area contributed by atoms with E-state index in [0.717, 1.165) is 18.2 Å². The van der Waals surface area contributed by atoms with E-state index in [1.807, 2.05) is 0 Å². The van der Waals surface area contributed by atoms with Crippen molar-refractivity contribution in [1.82, 2.24) is 9.97 Å². The highest BCUT2D eigenvalue weighted by molar-refractivity contribution is 5.99. The summed E-state index contributed by atoms with van der Waals surface area (Å²) in [7, 11) is 0. The number of halogens is 4. The third-order valence-corrected chi connectivity index (χ3v) is 4.76. The summed E-state index contributed by atoms with van der Waals surface area (Å²) in [6, 6.07) is 8.25. The zero-order chi connectivity index (χ0) is 19.0. The Hall–Kier alpha value is -2.26. The summed E-state index contributed by atoms with van der Waals surface area (Å²) < 4.78 is 32.7. The van der Waals surface area contributed by atoms with Crippen molar-refractivity contribution in [3.63, 3.8) is 0 Å². The minimum absolute atomic E-state index is 0. The number of aromatic nitrogens is 2. The molecule has 29 heavy (non-hydrogen) atoms. The molecule has 1 aliphatic rings. The van der Waals surface area contributed by atoms with Crippen LogP contribution in [0, 0.1) is 11.6 Å². The number of hydrogen-bond donors (Lipinski definition) is 3. The third kappa shape index (κ3) is 4.67. The maximum atomic E-state index is 14.0. The number of anilines is 1. The fraction of sp³-hybridized carbons (Fsp3) is 0.263. The SMILES string of the molecule is Cl.Cl.NC1(C(=O)Nc2ccc3nc(-c4cc(F)ccc4F)[nH]c3c2)CCOCC1. The van der Waals surface area contributed by atoms with Crippen molar-refractivity contribution in [2.24, 2.45) is 5.73 Å². The van der Waals surface area contributed by atoms with Crippen LogP contribution >= 0.6 is 24.8 Å². The van der Waals surface area contributed by atoms with E-state index in [2.05, 4.69) is 15.3 Å². The van der Waals surface area contributed by atoms with Crippen LogP contribution in [0.15, 0.2) is 36.4 Å². The van der Waals surface area contributed by atoms with Gasteiger partial charge in [0, 0.05) is 18.9 Å². The zero-order valence-corrected chi connectivity index (χ0v) is 16.8. The van der Waals surface area contributed by atoms with Gasteiger partial charge in [-0.3, -0.25) is 4.79 Å². The molecule has 1 saturated heterocycles. The zero-order valence-electron chi connectivity index (χ0n) is 15.2. The van der Waals surface area contributed by atoms with Crippen LogP contribution in [0.1, 0.15) is 12.8 Å². The van der Waals surface area contributed by atoms with Gasteiger partial charge in [0.2, 0.25) is 5.91 Å². The fourth-order valence-corrected chi connectivity index (χ4v) is 3.11. The molecule has 1 fully saturated rings. The molecule has 10 heteroatoms. The third-order valence-electron chi connectivity index (χ3n) is 4.76. The van der Waals surface area contributed by atoms with Gasteiger partial charge in [-0.15, -0.1) is 24.8 Å². The Morgan fingerprint density at radius 1 is 1.14 bits per heavy atom. The second-order valence-corrected chi connectivity index (χ2v) is 6.66. The predicted molar refractivity (Wildman–Crippen MR) is 112 cm³/mol. The van der Waals surface area contributed by atoms with Crippen molar-refractivity contribution in [2.75, 3.05) is 18.5 Å². The summed E-state index contributed by atoms with van der Waals surface area (Å²) in [4.78, 5) is 19.8. The molecule has 0 radical (unpaired) electrons. The largest absolute Gasteiger partial charge is 0.381 e. The van der Waals surface area contributed by atoms with Crippen LogP contribution in [-0.4, -0.2) is 34.6 Å². The van der Waals surface area contributed by atoms with Gasteiger partial charge in [-0.25, -0.2) is 13.8 Å². The number of amides is 1. The van der Waals surface area contributed by atoms with Gasteiger partial charge in [0.05, 0.1) is 16.6 Å². The molecule has 0 bridgehead atoms. The van der Waals surface area contributed by atoms with Gasteiger partial charge in [0.15, 0.2) is 0 Å². The first-order chi connectivity index (χ1) is 12.9. The maximum Gasteiger partial charge on any atom is 0.244 e. The quantitative estimate of drug-likeness (QED) is 0.572. The Morgan fingerprint density at radius 2 is 1.86 bits per heavy atom. The molecule has 1 aromatic heterocycles. The van der Waals surface area contributed by atoms with E-state index in [1.54, 1.807) is 18.2 Å². The smallest absolute Gasteiger partial charge is 0.244 e. The summed E-state index contributed by atoms with van der Waals surface area (Å²) in [6.07, 6.45) is 0.905. The molecule has 6 nitrogen and oxygen atoms in total. The van der Waals surface area contributed by atoms with Crippen LogP contribution in [-0.2, 0) is 9.53 Å². The molecule has 156 valence electrons. The topological polar surface area (TPSA) is 93.0 Å². The standard InChI is InChI=1S/C19H18F2N4O2.2ClH/c20-11-1-3-14(21)13(9-11)17-24-15-4-2-12(10-16(15)25-17)23-18(26)19(22)5-7-27-8-6-19;;/h1-4,9-10H,5-8,22H2,(H,23,26)(H,24,25);2*1H. The molecule has 1 aliphatic heterocycles. The number of rotatable bonds is 3. The average Bonchev–Trinajstić information content (AvgIpc) is 3.07. The van der Waals surface area contributed by atoms with Gasteiger partial charge in [0.25, 0.3) is 0 Å². The minimum atomic E-state index is -0.961. The van der Waals surface area contributed by atoms with E-state index >= 15 is 0 Å². The second kappa shape index (κ2) is 9.04. The number of hydrogen-bond acceptors (Lipinski definition) is 4. The Balaban J connectivity index is 0.00000150. The van der Waals surface area contributed by atoms with Gasteiger partial charge in [0.1, 0.15) is 23.0 Å². The number of aromatic amines is 1. The number of nitrogens with one attached hydrogen (secondary N) is 2. The lowest BCUT2D eigenvalue weighted by Crippen LogP contribution is -2.54. The van der Waals surface area contributed by atoms with E-state index < -0.39 is 17.2 Å². The second-order valence-electron chi connectivity index (χ2n) is 6.66. The summed E-state index contributed by atoms with van der Waals surface area (Å²) in [6.45, 7) is 0.901. The number of carbonyl (C=O) groups excluding carboxylic acids is 1. The highest BCUT2D eigenvalue weighted by Gasteiger charge is 2.35. The van der Waals surface area contributed by atoms with Gasteiger partial charge < -0.3 is 20.8 Å².